The van der Waals surface area contributed by atoms with E-state index in [-0.39, 0.29) is 0 Å². The topological polar surface area (TPSA) is 29.9 Å². The average molecular weight is 193 g/mol. The van der Waals surface area contributed by atoms with Gasteiger partial charge in [-0.3, -0.25) is 4.68 Å². The van der Waals surface area contributed by atoms with Gasteiger partial charge in [-0.2, -0.15) is 5.10 Å². The predicted molar refractivity (Wildman–Crippen MR) is 57.2 cm³/mol. The molecule has 0 saturated carbocycles. The van der Waals surface area contributed by atoms with Gasteiger partial charge in [0, 0.05) is 12.7 Å². The van der Waals surface area contributed by atoms with Crippen LogP contribution >= 0.6 is 0 Å². The Bertz CT molecular complexity index is 274. The molecule has 1 saturated heterocycles. The minimum Gasteiger partial charge on any atom is -0.317 e. The smallest absolute Gasteiger partial charge is 0.0521 e. The van der Waals surface area contributed by atoms with E-state index in [0.29, 0.717) is 0 Å². The zero-order valence-corrected chi connectivity index (χ0v) is 8.87. The number of aryl methyl sites for hydroxylation is 1. The third kappa shape index (κ3) is 2.35. The molecular formula is C11H19N3. The highest BCUT2D eigenvalue weighted by molar-refractivity contribution is 5.02. The van der Waals surface area contributed by atoms with Crippen molar-refractivity contribution in [2.45, 2.75) is 32.7 Å². The van der Waals surface area contributed by atoms with E-state index < -0.39 is 0 Å². The number of hydrogen-bond acceptors (Lipinski definition) is 2. The Morgan fingerprint density at radius 3 is 2.93 bits per heavy atom. The standard InChI is InChI=1S/C11H19N3/c1-2-10-7-13-14(8-10)9-11-3-5-12-6-4-11/h7-8,11-12H,2-6,9H2,1H3. The Labute approximate surface area is 85.5 Å². The average Bonchev–Trinajstić information content (AvgIpc) is 2.67. The molecule has 1 aromatic rings. The van der Waals surface area contributed by atoms with Gasteiger partial charge in [0.05, 0.1) is 6.20 Å². The largest absolute Gasteiger partial charge is 0.317 e. The van der Waals surface area contributed by atoms with Crippen LogP contribution in [0.1, 0.15) is 25.3 Å². The van der Waals surface area contributed by atoms with E-state index in [4.69, 9.17) is 0 Å². The van der Waals surface area contributed by atoms with Gasteiger partial charge in [-0.15, -0.1) is 0 Å². The maximum Gasteiger partial charge on any atom is 0.0521 e. The summed E-state index contributed by atoms with van der Waals surface area (Å²) in [7, 11) is 0. The summed E-state index contributed by atoms with van der Waals surface area (Å²) in [5, 5.41) is 7.76. The van der Waals surface area contributed by atoms with Gasteiger partial charge < -0.3 is 5.32 Å². The summed E-state index contributed by atoms with van der Waals surface area (Å²) in [6.45, 7) is 5.62. The zero-order valence-electron chi connectivity index (χ0n) is 8.87. The molecule has 78 valence electrons. The molecule has 0 amide bonds. The molecule has 0 radical (unpaired) electrons. The molecule has 1 aliphatic heterocycles. The number of nitrogens with zero attached hydrogens (tertiary/aromatic N) is 2. The molecule has 3 nitrogen and oxygen atoms in total. The van der Waals surface area contributed by atoms with Gasteiger partial charge in [-0.25, -0.2) is 0 Å². The maximum absolute atomic E-state index is 4.38. The Balaban J connectivity index is 1.89. The Hall–Kier alpha value is -0.830. The van der Waals surface area contributed by atoms with Crippen molar-refractivity contribution in [3.05, 3.63) is 18.0 Å². The first-order chi connectivity index (χ1) is 6.88. The molecular weight excluding hydrogens is 174 g/mol. The van der Waals surface area contributed by atoms with Crippen molar-refractivity contribution >= 4 is 0 Å². The molecule has 2 rings (SSSR count). The lowest BCUT2D eigenvalue weighted by atomic mass is 9.98. The molecule has 0 aromatic carbocycles. The quantitative estimate of drug-likeness (QED) is 0.787. The Morgan fingerprint density at radius 2 is 2.29 bits per heavy atom. The molecule has 0 atom stereocenters. The number of rotatable bonds is 3. The van der Waals surface area contributed by atoms with E-state index in [1.807, 2.05) is 6.20 Å². The monoisotopic (exact) mass is 193 g/mol. The van der Waals surface area contributed by atoms with Crippen LogP contribution in [0.3, 0.4) is 0 Å². The van der Waals surface area contributed by atoms with E-state index in [2.05, 4.69) is 28.2 Å². The fraction of sp³-hybridized carbons (Fsp3) is 0.727. The minimum atomic E-state index is 0.820. The van der Waals surface area contributed by atoms with Crippen LogP contribution in [0.5, 0.6) is 0 Å². The van der Waals surface area contributed by atoms with Crippen molar-refractivity contribution in [1.82, 2.24) is 15.1 Å². The SMILES string of the molecule is CCc1cnn(CC2CCNCC2)c1. The highest BCUT2D eigenvalue weighted by Crippen LogP contribution is 2.14. The molecule has 0 unspecified atom stereocenters. The van der Waals surface area contributed by atoms with Gasteiger partial charge in [0.2, 0.25) is 0 Å². The Kier molecular flexibility index (Phi) is 3.19. The minimum absolute atomic E-state index is 0.820. The van der Waals surface area contributed by atoms with Crippen molar-refractivity contribution in [1.29, 1.82) is 0 Å². The first-order valence-corrected chi connectivity index (χ1v) is 5.60. The van der Waals surface area contributed by atoms with Crippen LogP contribution in [0.15, 0.2) is 12.4 Å². The molecule has 1 aliphatic rings. The van der Waals surface area contributed by atoms with Gasteiger partial charge in [0.25, 0.3) is 0 Å². The lowest BCUT2D eigenvalue weighted by molar-refractivity contribution is 0.321. The normalized spacial score (nSPS) is 18.6. The third-order valence-electron chi connectivity index (χ3n) is 3.00. The number of aromatic nitrogens is 2. The molecule has 3 heteroatoms. The highest BCUT2D eigenvalue weighted by Gasteiger charge is 2.13. The molecule has 0 spiro atoms. The second-order valence-electron chi connectivity index (χ2n) is 4.12. The van der Waals surface area contributed by atoms with E-state index in [9.17, 15) is 0 Å². The van der Waals surface area contributed by atoms with Crippen LogP contribution in [0, 0.1) is 5.92 Å². The van der Waals surface area contributed by atoms with Crippen LogP contribution in [-0.2, 0) is 13.0 Å². The Morgan fingerprint density at radius 1 is 1.50 bits per heavy atom. The summed E-state index contributed by atoms with van der Waals surface area (Å²) < 4.78 is 2.11. The molecule has 14 heavy (non-hydrogen) atoms. The zero-order chi connectivity index (χ0) is 9.80. The van der Waals surface area contributed by atoms with E-state index in [1.54, 1.807) is 0 Å². The van der Waals surface area contributed by atoms with Crippen LogP contribution < -0.4 is 5.32 Å². The molecule has 1 N–H and O–H groups in total. The van der Waals surface area contributed by atoms with Crippen LogP contribution in [0.25, 0.3) is 0 Å². The molecule has 1 aromatic heterocycles. The van der Waals surface area contributed by atoms with Gasteiger partial charge in [-0.1, -0.05) is 6.92 Å². The second-order valence-corrected chi connectivity index (χ2v) is 4.12. The summed E-state index contributed by atoms with van der Waals surface area (Å²) in [5.41, 5.74) is 1.35. The first kappa shape index (κ1) is 9.71. The van der Waals surface area contributed by atoms with Gasteiger partial charge in [0.15, 0.2) is 0 Å². The van der Waals surface area contributed by atoms with E-state index in [1.165, 1.54) is 31.5 Å². The fourth-order valence-corrected chi connectivity index (χ4v) is 2.02. The van der Waals surface area contributed by atoms with Crippen molar-refractivity contribution in [3.8, 4) is 0 Å². The molecule has 0 aliphatic carbocycles. The van der Waals surface area contributed by atoms with Crippen molar-refractivity contribution in [2.24, 2.45) is 5.92 Å². The maximum atomic E-state index is 4.38. The number of hydrogen-bond donors (Lipinski definition) is 1. The number of piperidine rings is 1. The van der Waals surface area contributed by atoms with Gasteiger partial charge >= 0.3 is 0 Å². The summed E-state index contributed by atoms with van der Waals surface area (Å²) >= 11 is 0. The van der Waals surface area contributed by atoms with E-state index >= 15 is 0 Å². The van der Waals surface area contributed by atoms with Crippen molar-refractivity contribution in [3.63, 3.8) is 0 Å². The highest BCUT2D eigenvalue weighted by atomic mass is 15.3. The second kappa shape index (κ2) is 4.60. The van der Waals surface area contributed by atoms with Crippen LogP contribution in [0.2, 0.25) is 0 Å². The van der Waals surface area contributed by atoms with E-state index in [0.717, 1.165) is 18.9 Å². The summed E-state index contributed by atoms with van der Waals surface area (Å²) in [6.07, 6.45) is 7.85. The molecule has 0 bridgehead atoms. The first-order valence-electron chi connectivity index (χ1n) is 5.60. The number of nitrogens with one attached hydrogen (secondary N) is 1. The van der Waals surface area contributed by atoms with Crippen LogP contribution in [0.4, 0.5) is 0 Å². The van der Waals surface area contributed by atoms with Gasteiger partial charge in [0.1, 0.15) is 0 Å². The summed E-state index contributed by atoms with van der Waals surface area (Å²) in [4.78, 5) is 0. The third-order valence-corrected chi connectivity index (χ3v) is 3.00. The summed E-state index contributed by atoms with van der Waals surface area (Å²) in [5.74, 6) is 0.820. The predicted octanol–water partition coefficient (Wildman–Crippen LogP) is 1.45. The van der Waals surface area contributed by atoms with Crippen LogP contribution in [-0.4, -0.2) is 22.9 Å². The molecule has 2 heterocycles. The van der Waals surface area contributed by atoms with Crippen molar-refractivity contribution < 1.29 is 0 Å². The lowest BCUT2D eigenvalue weighted by Crippen LogP contribution is -2.29. The fourth-order valence-electron chi connectivity index (χ4n) is 2.02. The molecule has 1 fully saturated rings. The van der Waals surface area contributed by atoms with Gasteiger partial charge in [-0.05, 0) is 43.8 Å². The lowest BCUT2D eigenvalue weighted by Gasteiger charge is -2.22. The van der Waals surface area contributed by atoms with Crippen molar-refractivity contribution in [2.75, 3.05) is 13.1 Å². The summed E-state index contributed by atoms with van der Waals surface area (Å²) in [6, 6.07) is 0.